The molecule has 4 heterocycles. The van der Waals surface area contributed by atoms with Crippen molar-refractivity contribution in [2.45, 2.75) is 45.1 Å². The van der Waals surface area contributed by atoms with Gasteiger partial charge in [-0.15, -0.1) is 0 Å². The number of hydrogen-bond acceptors (Lipinski definition) is 5. The van der Waals surface area contributed by atoms with Gasteiger partial charge in [0.15, 0.2) is 0 Å². The third kappa shape index (κ3) is 4.23. The average molecular weight is 588 g/mol. The zero-order chi connectivity index (χ0) is 27.4. The second-order valence-corrected chi connectivity index (χ2v) is 11.6. The number of amides is 2. The fourth-order valence-electron chi connectivity index (χ4n) is 6.02. The molecule has 0 aliphatic carbocycles. The average Bonchev–Trinajstić information content (AvgIpc) is 3.55. The predicted molar refractivity (Wildman–Crippen MR) is 152 cm³/mol. The molecule has 0 N–H and O–H groups in total. The summed E-state index contributed by atoms with van der Waals surface area (Å²) in [5.41, 5.74) is 5.94. The summed E-state index contributed by atoms with van der Waals surface area (Å²) in [6, 6.07) is 11.9. The van der Waals surface area contributed by atoms with Gasteiger partial charge in [-0.2, -0.15) is 5.10 Å². The normalized spacial score (nSPS) is 19.6. The second kappa shape index (κ2) is 9.86. The van der Waals surface area contributed by atoms with Gasteiger partial charge in [0.25, 0.3) is 5.91 Å². The number of nitrogens with zero attached hydrogens (tertiary/aromatic N) is 6. The van der Waals surface area contributed by atoms with Gasteiger partial charge in [0, 0.05) is 42.0 Å². The fraction of sp³-hybridized carbons (Fsp3) is 0.367. The SMILES string of the molecule is C=CC(=O)N1CC(C)c2nn(-c3ccc(C(C)C)cc3)c3c2C(C1)N(C(=O)c1ccc(Br)c2c1=NCN=2)CC3. The summed E-state index contributed by atoms with van der Waals surface area (Å²) in [4.78, 5) is 39.7. The van der Waals surface area contributed by atoms with Crippen LogP contribution in [0.5, 0.6) is 0 Å². The zero-order valence-electron chi connectivity index (χ0n) is 22.4. The number of carbonyl (C=O) groups is 2. The quantitative estimate of drug-likeness (QED) is 0.435. The maximum absolute atomic E-state index is 14.2. The van der Waals surface area contributed by atoms with E-state index in [4.69, 9.17) is 5.10 Å². The van der Waals surface area contributed by atoms with E-state index in [2.05, 4.69) is 82.2 Å². The van der Waals surface area contributed by atoms with Gasteiger partial charge in [-0.25, -0.2) is 4.68 Å². The third-order valence-electron chi connectivity index (χ3n) is 8.05. The Bertz CT molecular complexity index is 1620. The van der Waals surface area contributed by atoms with Crippen molar-refractivity contribution in [2.75, 3.05) is 26.3 Å². The van der Waals surface area contributed by atoms with E-state index in [1.54, 1.807) is 4.90 Å². The van der Waals surface area contributed by atoms with Crippen molar-refractivity contribution in [3.63, 3.8) is 0 Å². The first kappa shape index (κ1) is 25.7. The molecule has 9 heteroatoms. The minimum Gasteiger partial charge on any atom is -0.336 e. The first-order valence-corrected chi connectivity index (χ1v) is 14.2. The van der Waals surface area contributed by atoms with Crippen LogP contribution in [0.4, 0.5) is 0 Å². The highest BCUT2D eigenvalue weighted by Crippen LogP contribution is 2.40. The van der Waals surface area contributed by atoms with Gasteiger partial charge in [0.1, 0.15) is 6.67 Å². The monoisotopic (exact) mass is 586 g/mol. The van der Waals surface area contributed by atoms with Gasteiger partial charge in [-0.3, -0.25) is 19.6 Å². The summed E-state index contributed by atoms with van der Waals surface area (Å²) in [7, 11) is 0. The van der Waals surface area contributed by atoms with Crippen LogP contribution >= 0.6 is 15.9 Å². The van der Waals surface area contributed by atoms with Gasteiger partial charge in [0.2, 0.25) is 5.91 Å². The van der Waals surface area contributed by atoms with Crippen molar-refractivity contribution in [2.24, 2.45) is 9.98 Å². The molecule has 6 rings (SSSR count). The van der Waals surface area contributed by atoms with E-state index >= 15 is 0 Å². The van der Waals surface area contributed by atoms with Crippen LogP contribution in [0.25, 0.3) is 5.69 Å². The van der Waals surface area contributed by atoms with Gasteiger partial charge in [0.05, 0.1) is 39.4 Å². The molecule has 1 aromatic heterocycles. The highest BCUT2D eigenvalue weighted by atomic mass is 79.9. The Labute approximate surface area is 235 Å². The number of hydrogen-bond donors (Lipinski definition) is 0. The van der Waals surface area contributed by atoms with Gasteiger partial charge >= 0.3 is 0 Å². The Kier molecular flexibility index (Phi) is 6.49. The minimum absolute atomic E-state index is 0.00428. The van der Waals surface area contributed by atoms with Crippen LogP contribution in [-0.2, 0) is 11.2 Å². The first-order chi connectivity index (χ1) is 18.8. The van der Waals surface area contributed by atoms with Crippen LogP contribution in [0, 0.1) is 0 Å². The Balaban J connectivity index is 1.47. The maximum Gasteiger partial charge on any atom is 0.256 e. The van der Waals surface area contributed by atoms with Crippen LogP contribution in [0.15, 0.2) is 63.5 Å². The van der Waals surface area contributed by atoms with Crippen LogP contribution in [0.1, 0.15) is 71.5 Å². The number of fused-ring (bicyclic) bond motifs is 1. The summed E-state index contributed by atoms with van der Waals surface area (Å²) >= 11 is 3.53. The lowest BCUT2D eigenvalue weighted by molar-refractivity contribution is -0.126. The first-order valence-electron chi connectivity index (χ1n) is 13.4. The molecule has 8 nitrogen and oxygen atoms in total. The minimum atomic E-state index is -0.327. The summed E-state index contributed by atoms with van der Waals surface area (Å²) in [5.74, 6) is 0.214. The van der Waals surface area contributed by atoms with E-state index in [1.807, 2.05) is 17.0 Å². The van der Waals surface area contributed by atoms with Gasteiger partial charge < -0.3 is 9.80 Å². The molecule has 2 aromatic carbocycles. The zero-order valence-corrected chi connectivity index (χ0v) is 24.0. The Morgan fingerprint density at radius 3 is 2.54 bits per heavy atom. The molecule has 2 unspecified atom stereocenters. The smallest absolute Gasteiger partial charge is 0.256 e. The van der Waals surface area contributed by atoms with E-state index in [0.29, 0.717) is 49.6 Å². The number of benzene rings is 2. The Morgan fingerprint density at radius 1 is 1.08 bits per heavy atom. The van der Waals surface area contributed by atoms with Crippen molar-refractivity contribution < 1.29 is 9.59 Å². The molecule has 3 aliphatic rings. The van der Waals surface area contributed by atoms with E-state index in [0.717, 1.165) is 32.5 Å². The van der Waals surface area contributed by atoms with Crippen molar-refractivity contribution in [3.8, 4) is 5.69 Å². The molecule has 200 valence electrons. The highest BCUT2D eigenvalue weighted by molar-refractivity contribution is 9.10. The number of halogens is 1. The van der Waals surface area contributed by atoms with Gasteiger partial charge in [-0.05, 0) is 57.8 Å². The van der Waals surface area contributed by atoms with Crippen molar-refractivity contribution in [3.05, 3.63) is 92.3 Å². The highest BCUT2D eigenvalue weighted by Gasteiger charge is 2.42. The third-order valence-corrected chi connectivity index (χ3v) is 8.68. The summed E-state index contributed by atoms with van der Waals surface area (Å²) in [6.45, 7) is 11.9. The Morgan fingerprint density at radius 2 is 1.82 bits per heavy atom. The predicted octanol–water partition coefficient (Wildman–Crippen LogP) is 3.84. The molecule has 39 heavy (non-hydrogen) atoms. The van der Waals surface area contributed by atoms with Gasteiger partial charge in [-0.1, -0.05) is 39.5 Å². The van der Waals surface area contributed by atoms with E-state index < -0.39 is 0 Å². The van der Waals surface area contributed by atoms with E-state index in [1.165, 1.54) is 11.6 Å². The molecule has 0 spiro atoms. The maximum atomic E-state index is 14.2. The lowest BCUT2D eigenvalue weighted by Gasteiger charge is -2.37. The molecule has 3 aromatic rings. The van der Waals surface area contributed by atoms with E-state index in [9.17, 15) is 9.59 Å². The van der Waals surface area contributed by atoms with Crippen LogP contribution in [0.3, 0.4) is 0 Å². The molecular formula is C30H31BrN6O2. The van der Waals surface area contributed by atoms with Crippen molar-refractivity contribution in [1.29, 1.82) is 0 Å². The van der Waals surface area contributed by atoms with Crippen LogP contribution < -0.4 is 10.7 Å². The van der Waals surface area contributed by atoms with Crippen LogP contribution in [-0.4, -0.2) is 57.7 Å². The number of rotatable bonds is 4. The van der Waals surface area contributed by atoms with E-state index in [-0.39, 0.29) is 23.8 Å². The topological polar surface area (TPSA) is 83.2 Å². The second-order valence-electron chi connectivity index (χ2n) is 10.8. The molecule has 0 saturated heterocycles. The lowest BCUT2D eigenvalue weighted by Crippen LogP contribution is -2.47. The molecule has 2 atom stereocenters. The lowest BCUT2D eigenvalue weighted by atomic mass is 9.92. The number of aromatic nitrogens is 2. The van der Waals surface area contributed by atoms with Crippen molar-refractivity contribution >= 4 is 27.7 Å². The molecule has 0 fully saturated rings. The Hall–Kier alpha value is -3.59. The standard InChI is InChI=1S/C30H31BrN6O2/c1-5-25(38)35-14-18(4)27-26-23(37(34-27)20-8-6-19(7-9-20)17(2)3)12-13-36(24(26)15-35)30(39)21-10-11-22(31)29-28(21)32-16-33-29/h5-11,17-18,24H,1,12-16H2,2-4H3. The fourth-order valence-corrected chi connectivity index (χ4v) is 6.46. The summed E-state index contributed by atoms with van der Waals surface area (Å²) in [6.07, 6.45) is 2.02. The molecule has 2 amide bonds. The molecule has 3 aliphatic heterocycles. The summed E-state index contributed by atoms with van der Waals surface area (Å²) in [5, 5.41) is 6.47. The molecule has 0 radical (unpaired) electrons. The number of carbonyl (C=O) groups excluding carboxylic acids is 2. The van der Waals surface area contributed by atoms with Crippen LogP contribution in [0.2, 0.25) is 0 Å². The van der Waals surface area contributed by atoms with Crippen molar-refractivity contribution in [1.82, 2.24) is 19.6 Å². The molecular weight excluding hydrogens is 556 g/mol. The largest absolute Gasteiger partial charge is 0.336 e. The molecule has 0 bridgehead atoms. The molecule has 0 saturated carbocycles. The summed E-state index contributed by atoms with van der Waals surface area (Å²) < 4.78 is 2.88.